The van der Waals surface area contributed by atoms with Crippen LogP contribution in [0.2, 0.25) is 0 Å². The van der Waals surface area contributed by atoms with Crippen LogP contribution in [-0.2, 0) is 4.74 Å². The topological polar surface area (TPSA) is 66.8 Å². The Balaban J connectivity index is 2.11. The summed E-state index contributed by atoms with van der Waals surface area (Å²) >= 11 is 0. The lowest BCUT2D eigenvalue weighted by molar-refractivity contribution is -0.0111. The van der Waals surface area contributed by atoms with Crippen LogP contribution < -0.4 is 0 Å². The summed E-state index contributed by atoms with van der Waals surface area (Å²) in [6, 6.07) is 5.27. The fourth-order valence-corrected chi connectivity index (χ4v) is 1.81. The maximum absolute atomic E-state index is 13.0. The number of rotatable bonds is 2. The van der Waals surface area contributed by atoms with Gasteiger partial charge in [0.05, 0.1) is 13.2 Å². The molecule has 1 amide bonds. The van der Waals surface area contributed by atoms with E-state index in [1.165, 1.54) is 18.2 Å². The number of hydrogen-bond donors (Lipinski definition) is 1. The first-order chi connectivity index (χ1) is 8.58. The Morgan fingerprint density at radius 2 is 2.22 bits per heavy atom. The van der Waals surface area contributed by atoms with Gasteiger partial charge in [-0.25, -0.2) is 9.18 Å². The van der Waals surface area contributed by atoms with E-state index in [9.17, 15) is 14.0 Å². The van der Waals surface area contributed by atoms with Gasteiger partial charge in [-0.3, -0.25) is 4.79 Å². The molecule has 1 saturated heterocycles. The Hall–Kier alpha value is -1.95. The highest BCUT2D eigenvalue weighted by Gasteiger charge is 2.29. The Morgan fingerprint density at radius 1 is 1.44 bits per heavy atom. The third-order valence-corrected chi connectivity index (χ3v) is 2.74. The summed E-state index contributed by atoms with van der Waals surface area (Å²) in [5, 5.41) is 8.85. The van der Waals surface area contributed by atoms with Crippen molar-refractivity contribution in [1.82, 2.24) is 4.90 Å². The Kier molecular flexibility index (Phi) is 3.57. The molecule has 0 aliphatic carbocycles. The molecule has 1 aliphatic heterocycles. The smallest absolute Gasteiger partial charge is 0.407 e. The van der Waals surface area contributed by atoms with Gasteiger partial charge in [0.1, 0.15) is 11.9 Å². The first-order valence-corrected chi connectivity index (χ1v) is 5.47. The summed E-state index contributed by atoms with van der Waals surface area (Å²) in [6.45, 7) is 0.380. The summed E-state index contributed by atoms with van der Waals surface area (Å²) in [6.07, 6.45) is -1.95. The van der Waals surface area contributed by atoms with Gasteiger partial charge in [-0.1, -0.05) is 12.1 Å². The number of carboxylic acid groups (broad SMARTS) is 1. The molecule has 2 rings (SSSR count). The van der Waals surface area contributed by atoms with E-state index < -0.39 is 23.8 Å². The monoisotopic (exact) mass is 253 g/mol. The zero-order valence-electron chi connectivity index (χ0n) is 9.51. The minimum atomic E-state index is -1.09. The van der Waals surface area contributed by atoms with Gasteiger partial charge in [0.2, 0.25) is 0 Å². The number of benzene rings is 1. The van der Waals surface area contributed by atoms with E-state index in [4.69, 9.17) is 9.84 Å². The van der Waals surface area contributed by atoms with Crippen LogP contribution in [0.3, 0.4) is 0 Å². The van der Waals surface area contributed by atoms with Crippen molar-refractivity contribution in [2.45, 2.75) is 6.10 Å². The normalized spacial score (nSPS) is 19.6. The van der Waals surface area contributed by atoms with E-state index in [1.807, 2.05) is 0 Å². The summed E-state index contributed by atoms with van der Waals surface area (Å²) < 4.78 is 18.2. The molecule has 1 fully saturated rings. The second kappa shape index (κ2) is 5.14. The van der Waals surface area contributed by atoms with Crippen molar-refractivity contribution >= 4 is 11.9 Å². The second-order valence-electron chi connectivity index (χ2n) is 3.96. The molecule has 18 heavy (non-hydrogen) atoms. The van der Waals surface area contributed by atoms with Crippen molar-refractivity contribution in [1.29, 1.82) is 0 Å². The van der Waals surface area contributed by atoms with Crippen molar-refractivity contribution in [3.63, 3.8) is 0 Å². The molecule has 0 saturated carbocycles. The quantitative estimate of drug-likeness (QED) is 0.809. The van der Waals surface area contributed by atoms with Crippen LogP contribution in [0.5, 0.6) is 0 Å². The van der Waals surface area contributed by atoms with Gasteiger partial charge in [-0.05, 0) is 12.1 Å². The molecule has 1 aliphatic rings. The molecule has 1 aromatic rings. The van der Waals surface area contributed by atoms with Gasteiger partial charge in [-0.2, -0.15) is 0 Å². The molecule has 1 atom stereocenters. The van der Waals surface area contributed by atoms with Crippen LogP contribution in [0.15, 0.2) is 24.3 Å². The summed E-state index contributed by atoms with van der Waals surface area (Å²) in [4.78, 5) is 23.9. The number of Topliss-reactive ketones (excluding diaryl/α,β-unsaturated/α-hetero) is 1. The van der Waals surface area contributed by atoms with E-state index >= 15 is 0 Å². The van der Waals surface area contributed by atoms with E-state index in [0.717, 1.165) is 11.0 Å². The molecule has 1 heterocycles. The minimum absolute atomic E-state index is 0.0231. The average Bonchev–Trinajstić information content (AvgIpc) is 2.38. The standard InChI is InChI=1S/C12H12FNO4/c13-9-3-1-2-8(6-9)11(15)10-7-14(12(16)17)4-5-18-10/h1-3,6,10H,4-5,7H2,(H,16,17)/t10-/m0/s1. The Labute approximate surface area is 103 Å². The van der Waals surface area contributed by atoms with Crippen molar-refractivity contribution < 1.29 is 23.8 Å². The predicted octanol–water partition coefficient (Wildman–Crippen LogP) is 1.39. The SMILES string of the molecule is O=C(c1cccc(F)c1)[C@@H]1CN(C(=O)O)CCO1. The van der Waals surface area contributed by atoms with E-state index in [1.54, 1.807) is 0 Å². The highest BCUT2D eigenvalue weighted by Crippen LogP contribution is 2.13. The lowest BCUT2D eigenvalue weighted by Crippen LogP contribution is -2.48. The van der Waals surface area contributed by atoms with E-state index in [-0.39, 0.29) is 25.3 Å². The number of ketones is 1. The van der Waals surface area contributed by atoms with Crippen molar-refractivity contribution in [2.75, 3.05) is 19.7 Å². The number of morpholine rings is 1. The van der Waals surface area contributed by atoms with Crippen molar-refractivity contribution in [3.05, 3.63) is 35.6 Å². The lowest BCUT2D eigenvalue weighted by atomic mass is 10.0. The summed E-state index contributed by atoms with van der Waals surface area (Å²) in [5.41, 5.74) is 0.187. The van der Waals surface area contributed by atoms with Gasteiger partial charge in [0, 0.05) is 12.1 Å². The van der Waals surface area contributed by atoms with E-state index in [2.05, 4.69) is 0 Å². The fraction of sp³-hybridized carbons (Fsp3) is 0.333. The van der Waals surface area contributed by atoms with E-state index in [0.29, 0.717) is 0 Å². The molecular formula is C12H12FNO4. The average molecular weight is 253 g/mol. The molecule has 96 valence electrons. The van der Waals surface area contributed by atoms with Crippen LogP contribution in [0, 0.1) is 5.82 Å². The molecule has 0 unspecified atom stereocenters. The van der Waals surface area contributed by atoms with Crippen LogP contribution in [-0.4, -0.2) is 47.7 Å². The molecule has 0 radical (unpaired) electrons. The number of halogens is 1. The van der Waals surface area contributed by atoms with Crippen molar-refractivity contribution in [3.8, 4) is 0 Å². The maximum Gasteiger partial charge on any atom is 0.407 e. The maximum atomic E-state index is 13.0. The van der Waals surface area contributed by atoms with Gasteiger partial charge in [0.15, 0.2) is 5.78 Å². The first-order valence-electron chi connectivity index (χ1n) is 5.47. The number of ether oxygens (including phenoxy) is 1. The highest BCUT2D eigenvalue weighted by atomic mass is 19.1. The molecule has 0 aromatic heterocycles. The zero-order valence-corrected chi connectivity index (χ0v) is 9.51. The third kappa shape index (κ3) is 2.65. The summed E-state index contributed by atoms with van der Waals surface area (Å²) in [5.74, 6) is -0.910. The number of hydrogen-bond acceptors (Lipinski definition) is 3. The molecular weight excluding hydrogens is 241 g/mol. The van der Waals surface area contributed by atoms with Gasteiger partial charge < -0.3 is 14.7 Å². The largest absolute Gasteiger partial charge is 0.465 e. The molecule has 6 heteroatoms. The zero-order chi connectivity index (χ0) is 13.1. The fourth-order valence-electron chi connectivity index (χ4n) is 1.81. The third-order valence-electron chi connectivity index (χ3n) is 2.74. The van der Waals surface area contributed by atoms with Gasteiger partial charge in [-0.15, -0.1) is 0 Å². The van der Waals surface area contributed by atoms with Gasteiger partial charge in [0.25, 0.3) is 0 Å². The van der Waals surface area contributed by atoms with Crippen LogP contribution in [0.1, 0.15) is 10.4 Å². The Morgan fingerprint density at radius 3 is 2.89 bits per heavy atom. The number of nitrogens with zero attached hydrogens (tertiary/aromatic N) is 1. The first kappa shape index (κ1) is 12.5. The van der Waals surface area contributed by atoms with Crippen LogP contribution >= 0.6 is 0 Å². The minimum Gasteiger partial charge on any atom is -0.465 e. The van der Waals surface area contributed by atoms with Crippen LogP contribution in [0.25, 0.3) is 0 Å². The molecule has 0 bridgehead atoms. The van der Waals surface area contributed by atoms with Crippen molar-refractivity contribution in [2.24, 2.45) is 0 Å². The molecule has 0 spiro atoms. The number of carbonyl (C=O) groups is 2. The number of amides is 1. The predicted molar refractivity (Wildman–Crippen MR) is 60.1 cm³/mol. The van der Waals surface area contributed by atoms with Gasteiger partial charge >= 0.3 is 6.09 Å². The molecule has 1 aromatic carbocycles. The Bertz CT molecular complexity index is 477. The lowest BCUT2D eigenvalue weighted by Gasteiger charge is -2.30. The second-order valence-corrected chi connectivity index (χ2v) is 3.96. The summed E-state index contributed by atoms with van der Waals surface area (Å²) in [7, 11) is 0. The highest BCUT2D eigenvalue weighted by molar-refractivity contribution is 5.99. The molecule has 1 N–H and O–H groups in total. The molecule has 5 nitrogen and oxygen atoms in total. The van der Waals surface area contributed by atoms with Crippen LogP contribution in [0.4, 0.5) is 9.18 Å². The number of carbonyl (C=O) groups excluding carboxylic acids is 1.